The molecule has 0 spiro atoms. The molecule has 3 N–H and O–H groups in total. The fourth-order valence-corrected chi connectivity index (χ4v) is 2.32. The molecule has 0 saturated carbocycles. The first-order valence-corrected chi connectivity index (χ1v) is 5.76. The molecule has 1 heterocycles. The van der Waals surface area contributed by atoms with Crippen molar-refractivity contribution in [2.75, 3.05) is 6.61 Å². The lowest BCUT2D eigenvalue weighted by Gasteiger charge is -2.20. The van der Waals surface area contributed by atoms with Gasteiger partial charge in [0.2, 0.25) is 0 Å². The van der Waals surface area contributed by atoms with Gasteiger partial charge in [0.05, 0.1) is 6.61 Å². The SMILES string of the molecule is CC1COc2cccc([C@H](C)[C@H](N)C(=O)O)c21. The molecule has 1 aliphatic heterocycles. The molecule has 1 aromatic carbocycles. The molecule has 1 unspecified atom stereocenters. The molecular formula is C13H17NO3. The summed E-state index contributed by atoms with van der Waals surface area (Å²) >= 11 is 0. The molecule has 4 heteroatoms. The summed E-state index contributed by atoms with van der Waals surface area (Å²) in [5.74, 6) is -0.0302. The van der Waals surface area contributed by atoms with Crippen LogP contribution in [0.15, 0.2) is 18.2 Å². The number of nitrogens with two attached hydrogens (primary N) is 1. The minimum Gasteiger partial charge on any atom is -0.493 e. The zero-order valence-corrected chi connectivity index (χ0v) is 10.0. The highest BCUT2D eigenvalue weighted by atomic mass is 16.5. The molecule has 0 aliphatic carbocycles. The molecule has 2 rings (SSSR count). The number of rotatable bonds is 3. The number of benzene rings is 1. The van der Waals surface area contributed by atoms with Crippen LogP contribution in [0.3, 0.4) is 0 Å². The van der Waals surface area contributed by atoms with Crippen molar-refractivity contribution in [3.8, 4) is 5.75 Å². The number of carboxylic acid groups (broad SMARTS) is 1. The van der Waals surface area contributed by atoms with E-state index in [-0.39, 0.29) is 5.92 Å². The number of hydrogen-bond acceptors (Lipinski definition) is 3. The Morgan fingerprint density at radius 3 is 2.94 bits per heavy atom. The van der Waals surface area contributed by atoms with Crippen LogP contribution >= 0.6 is 0 Å². The molecule has 1 aromatic rings. The van der Waals surface area contributed by atoms with Crippen LogP contribution < -0.4 is 10.5 Å². The van der Waals surface area contributed by atoms with Crippen molar-refractivity contribution in [2.24, 2.45) is 5.73 Å². The third-order valence-electron chi connectivity index (χ3n) is 3.40. The minimum atomic E-state index is -0.971. The normalized spacial score (nSPS) is 21.5. The fraction of sp³-hybridized carbons (Fsp3) is 0.462. The van der Waals surface area contributed by atoms with Gasteiger partial charge in [0, 0.05) is 17.4 Å². The molecule has 1 aliphatic rings. The summed E-state index contributed by atoms with van der Waals surface area (Å²) in [4.78, 5) is 10.9. The first kappa shape index (κ1) is 11.9. The number of carbonyl (C=O) groups is 1. The molecule has 0 aromatic heterocycles. The summed E-state index contributed by atoms with van der Waals surface area (Å²) in [5.41, 5.74) is 7.79. The van der Waals surface area contributed by atoms with Crippen molar-refractivity contribution in [1.82, 2.24) is 0 Å². The fourth-order valence-electron chi connectivity index (χ4n) is 2.32. The van der Waals surface area contributed by atoms with Gasteiger partial charge in [0.25, 0.3) is 0 Å². The van der Waals surface area contributed by atoms with Crippen molar-refractivity contribution >= 4 is 5.97 Å². The first-order chi connectivity index (χ1) is 8.02. The molecular weight excluding hydrogens is 218 g/mol. The Kier molecular flexibility index (Phi) is 3.07. The van der Waals surface area contributed by atoms with E-state index in [4.69, 9.17) is 15.6 Å². The van der Waals surface area contributed by atoms with E-state index in [0.29, 0.717) is 12.5 Å². The zero-order chi connectivity index (χ0) is 12.6. The smallest absolute Gasteiger partial charge is 0.321 e. The van der Waals surface area contributed by atoms with E-state index in [1.807, 2.05) is 25.1 Å². The van der Waals surface area contributed by atoms with Crippen LogP contribution in [-0.2, 0) is 4.79 Å². The van der Waals surface area contributed by atoms with Gasteiger partial charge in [-0.3, -0.25) is 4.79 Å². The summed E-state index contributed by atoms with van der Waals surface area (Å²) in [5, 5.41) is 8.97. The van der Waals surface area contributed by atoms with Crippen LogP contribution in [0.4, 0.5) is 0 Å². The van der Waals surface area contributed by atoms with Crippen molar-refractivity contribution in [2.45, 2.75) is 31.7 Å². The Balaban J connectivity index is 2.40. The van der Waals surface area contributed by atoms with Gasteiger partial charge in [-0.2, -0.15) is 0 Å². The van der Waals surface area contributed by atoms with E-state index in [9.17, 15) is 4.79 Å². The van der Waals surface area contributed by atoms with E-state index in [1.165, 1.54) is 0 Å². The van der Waals surface area contributed by atoms with E-state index in [0.717, 1.165) is 16.9 Å². The van der Waals surface area contributed by atoms with Crippen LogP contribution in [0.2, 0.25) is 0 Å². The molecule has 3 atom stereocenters. The molecule has 0 bridgehead atoms. The van der Waals surface area contributed by atoms with Crippen LogP contribution in [-0.4, -0.2) is 23.7 Å². The zero-order valence-electron chi connectivity index (χ0n) is 10.0. The molecule has 4 nitrogen and oxygen atoms in total. The maximum atomic E-state index is 10.9. The third kappa shape index (κ3) is 2.00. The van der Waals surface area contributed by atoms with Crippen molar-refractivity contribution in [1.29, 1.82) is 0 Å². The Morgan fingerprint density at radius 1 is 1.59 bits per heavy atom. The van der Waals surface area contributed by atoms with Crippen molar-refractivity contribution < 1.29 is 14.6 Å². The van der Waals surface area contributed by atoms with Gasteiger partial charge in [-0.05, 0) is 11.6 Å². The van der Waals surface area contributed by atoms with Gasteiger partial charge in [0.15, 0.2) is 0 Å². The minimum absolute atomic E-state index is 0.216. The summed E-state index contributed by atoms with van der Waals surface area (Å²) in [6.45, 7) is 4.58. The average Bonchev–Trinajstić information content (AvgIpc) is 2.69. The van der Waals surface area contributed by atoms with Gasteiger partial charge in [0.1, 0.15) is 11.8 Å². The maximum absolute atomic E-state index is 10.9. The summed E-state index contributed by atoms with van der Waals surface area (Å²) in [6.07, 6.45) is 0. The molecule has 17 heavy (non-hydrogen) atoms. The largest absolute Gasteiger partial charge is 0.493 e. The van der Waals surface area contributed by atoms with Gasteiger partial charge in [-0.15, -0.1) is 0 Å². The third-order valence-corrected chi connectivity index (χ3v) is 3.40. The lowest BCUT2D eigenvalue weighted by atomic mass is 9.86. The molecule has 0 saturated heterocycles. The second-order valence-electron chi connectivity index (χ2n) is 4.62. The van der Waals surface area contributed by atoms with Gasteiger partial charge < -0.3 is 15.6 Å². The highest BCUT2D eigenvalue weighted by Gasteiger charge is 2.29. The van der Waals surface area contributed by atoms with Gasteiger partial charge in [-0.1, -0.05) is 26.0 Å². The maximum Gasteiger partial charge on any atom is 0.321 e. The number of hydrogen-bond donors (Lipinski definition) is 2. The number of ether oxygens (including phenoxy) is 1. The molecule has 0 amide bonds. The van der Waals surface area contributed by atoms with Gasteiger partial charge in [-0.25, -0.2) is 0 Å². The Morgan fingerprint density at radius 2 is 2.29 bits per heavy atom. The number of carboxylic acids is 1. The Hall–Kier alpha value is -1.55. The van der Waals surface area contributed by atoms with E-state index in [1.54, 1.807) is 0 Å². The summed E-state index contributed by atoms with van der Waals surface area (Å²) < 4.78 is 5.55. The van der Waals surface area contributed by atoms with Crippen molar-refractivity contribution in [3.05, 3.63) is 29.3 Å². The standard InChI is InChI=1S/C13H17NO3/c1-7-6-17-10-5-3-4-9(11(7)10)8(2)12(14)13(15)16/h3-5,7-8,12H,6,14H2,1-2H3,(H,15,16)/t7?,8-,12-/m0/s1. The van der Waals surface area contributed by atoms with Crippen LogP contribution in [0.5, 0.6) is 5.75 Å². The second kappa shape index (κ2) is 4.37. The van der Waals surface area contributed by atoms with Gasteiger partial charge >= 0.3 is 5.97 Å². The molecule has 0 radical (unpaired) electrons. The first-order valence-electron chi connectivity index (χ1n) is 5.76. The van der Waals surface area contributed by atoms with E-state index < -0.39 is 12.0 Å². The number of fused-ring (bicyclic) bond motifs is 1. The monoisotopic (exact) mass is 235 g/mol. The average molecular weight is 235 g/mol. The predicted octanol–water partition coefficient (Wildman–Crippen LogP) is 1.70. The Bertz CT molecular complexity index is 444. The van der Waals surface area contributed by atoms with Crippen LogP contribution in [0.1, 0.15) is 36.8 Å². The second-order valence-corrected chi connectivity index (χ2v) is 4.62. The lowest BCUT2D eigenvalue weighted by molar-refractivity contribution is -0.139. The highest BCUT2D eigenvalue weighted by Crippen LogP contribution is 2.39. The summed E-state index contributed by atoms with van der Waals surface area (Å²) in [7, 11) is 0. The highest BCUT2D eigenvalue weighted by molar-refractivity contribution is 5.74. The predicted molar refractivity (Wildman–Crippen MR) is 64.4 cm³/mol. The van der Waals surface area contributed by atoms with E-state index in [2.05, 4.69) is 6.92 Å². The quantitative estimate of drug-likeness (QED) is 0.836. The van der Waals surface area contributed by atoms with E-state index >= 15 is 0 Å². The molecule has 92 valence electrons. The number of aliphatic carboxylic acids is 1. The lowest BCUT2D eigenvalue weighted by Crippen LogP contribution is -2.35. The van der Waals surface area contributed by atoms with Crippen LogP contribution in [0.25, 0.3) is 0 Å². The van der Waals surface area contributed by atoms with Crippen molar-refractivity contribution in [3.63, 3.8) is 0 Å². The summed E-state index contributed by atoms with van der Waals surface area (Å²) in [6, 6.07) is 4.87. The molecule has 0 fully saturated rings. The Labute approximate surface area is 100 Å². The van der Waals surface area contributed by atoms with Crippen LogP contribution in [0, 0.1) is 0 Å². The topological polar surface area (TPSA) is 72.5 Å².